The molecule has 0 spiro atoms. The Balaban J connectivity index is 2.72. The highest BCUT2D eigenvalue weighted by molar-refractivity contribution is 4.94. The Bertz CT molecular complexity index is 162. The van der Waals surface area contributed by atoms with Crippen molar-refractivity contribution < 1.29 is 30.3 Å². The van der Waals surface area contributed by atoms with Crippen molar-refractivity contribution in [1.29, 1.82) is 0 Å². The summed E-state index contributed by atoms with van der Waals surface area (Å²) in [5, 5.41) is 44.7. The highest BCUT2D eigenvalue weighted by Gasteiger charge is 2.52. The smallest absolute Gasteiger partial charge is 0.219 e. The molecule has 5 N–H and O–H groups in total. The Morgan fingerprint density at radius 2 is 1.83 bits per heavy atom. The van der Waals surface area contributed by atoms with Crippen LogP contribution >= 0.6 is 0 Å². The minimum absolute atomic E-state index is 0.527. The van der Waals surface area contributed by atoms with Crippen molar-refractivity contribution in [1.82, 2.24) is 0 Å². The maximum Gasteiger partial charge on any atom is 0.219 e. The molecule has 1 saturated heterocycles. The van der Waals surface area contributed by atoms with E-state index in [2.05, 4.69) is 4.74 Å². The highest BCUT2D eigenvalue weighted by Crippen LogP contribution is 2.28. The first-order chi connectivity index (χ1) is 5.55. The SMILES string of the molecule is OCC1OC(O)(CO)C(O)C1O. The molecule has 4 atom stereocenters. The second kappa shape index (κ2) is 3.25. The molecule has 6 nitrogen and oxygen atoms in total. The van der Waals surface area contributed by atoms with Crippen molar-refractivity contribution in [2.24, 2.45) is 0 Å². The summed E-state index contributed by atoms with van der Waals surface area (Å²) in [7, 11) is 0. The molecule has 6 heteroatoms. The first kappa shape index (κ1) is 9.85. The van der Waals surface area contributed by atoms with Gasteiger partial charge in [-0.15, -0.1) is 0 Å². The summed E-state index contributed by atoms with van der Waals surface area (Å²) >= 11 is 0. The number of hydrogen-bond acceptors (Lipinski definition) is 6. The molecule has 72 valence electrons. The largest absolute Gasteiger partial charge is 0.394 e. The maximum atomic E-state index is 9.25. The average molecular weight is 180 g/mol. The molecule has 1 aliphatic heterocycles. The van der Waals surface area contributed by atoms with E-state index in [-0.39, 0.29) is 0 Å². The van der Waals surface area contributed by atoms with E-state index in [0.717, 1.165) is 0 Å². The van der Waals surface area contributed by atoms with Crippen molar-refractivity contribution in [3.8, 4) is 0 Å². The van der Waals surface area contributed by atoms with Crippen LogP contribution in [-0.2, 0) is 4.74 Å². The minimum Gasteiger partial charge on any atom is -0.394 e. The summed E-state index contributed by atoms with van der Waals surface area (Å²) < 4.78 is 4.63. The summed E-state index contributed by atoms with van der Waals surface area (Å²) in [6.07, 6.45) is -4.04. The molecule has 0 bridgehead atoms. The Kier molecular flexibility index (Phi) is 2.67. The van der Waals surface area contributed by atoms with E-state index in [0.29, 0.717) is 0 Å². The topological polar surface area (TPSA) is 110 Å². The van der Waals surface area contributed by atoms with Gasteiger partial charge in [0.25, 0.3) is 0 Å². The van der Waals surface area contributed by atoms with E-state index in [4.69, 9.17) is 20.4 Å². The van der Waals surface area contributed by atoms with E-state index in [9.17, 15) is 5.11 Å². The van der Waals surface area contributed by atoms with Crippen molar-refractivity contribution in [2.45, 2.75) is 24.1 Å². The molecule has 0 aromatic carbocycles. The van der Waals surface area contributed by atoms with E-state index in [1.165, 1.54) is 0 Å². The normalized spacial score (nSPS) is 48.2. The molecule has 4 unspecified atom stereocenters. The van der Waals surface area contributed by atoms with Crippen molar-refractivity contribution in [2.75, 3.05) is 13.2 Å². The predicted molar refractivity (Wildman–Crippen MR) is 36.0 cm³/mol. The molecule has 0 radical (unpaired) electrons. The quantitative estimate of drug-likeness (QED) is 0.306. The van der Waals surface area contributed by atoms with E-state index >= 15 is 0 Å². The monoisotopic (exact) mass is 180 g/mol. The van der Waals surface area contributed by atoms with Gasteiger partial charge in [-0.05, 0) is 0 Å². The number of rotatable bonds is 2. The fraction of sp³-hybridized carbons (Fsp3) is 1.00. The van der Waals surface area contributed by atoms with Gasteiger partial charge in [-0.3, -0.25) is 0 Å². The first-order valence-corrected chi connectivity index (χ1v) is 3.53. The molecule has 1 aliphatic rings. The third-order valence-electron chi connectivity index (χ3n) is 1.93. The maximum absolute atomic E-state index is 9.25. The van der Waals surface area contributed by atoms with E-state index in [1.54, 1.807) is 0 Å². The molecule has 12 heavy (non-hydrogen) atoms. The van der Waals surface area contributed by atoms with Gasteiger partial charge in [0.2, 0.25) is 5.79 Å². The fourth-order valence-corrected chi connectivity index (χ4v) is 1.15. The van der Waals surface area contributed by atoms with Crippen LogP contribution in [0.3, 0.4) is 0 Å². The van der Waals surface area contributed by atoms with E-state index < -0.39 is 37.3 Å². The second-order valence-electron chi connectivity index (χ2n) is 2.78. The van der Waals surface area contributed by atoms with Gasteiger partial charge in [-0.1, -0.05) is 0 Å². The standard InChI is InChI=1S/C6H12O6/c7-1-3-4(9)5(10)6(11,2-8)12-3/h3-5,7-11H,1-2H2. The lowest BCUT2D eigenvalue weighted by Crippen LogP contribution is -2.46. The lowest BCUT2D eigenvalue weighted by Gasteiger charge is -2.22. The van der Waals surface area contributed by atoms with Gasteiger partial charge in [0.05, 0.1) is 13.2 Å². The van der Waals surface area contributed by atoms with Crippen LogP contribution in [0.2, 0.25) is 0 Å². The van der Waals surface area contributed by atoms with Crippen molar-refractivity contribution in [3.05, 3.63) is 0 Å². The molecular formula is C6H12O6. The van der Waals surface area contributed by atoms with Gasteiger partial charge in [0, 0.05) is 0 Å². The molecular weight excluding hydrogens is 168 g/mol. The van der Waals surface area contributed by atoms with Gasteiger partial charge in [0.1, 0.15) is 18.3 Å². The number of ether oxygens (including phenoxy) is 1. The van der Waals surface area contributed by atoms with E-state index in [1.807, 2.05) is 0 Å². The Morgan fingerprint density at radius 1 is 1.25 bits per heavy atom. The zero-order valence-corrected chi connectivity index (χ0v) is 6.29. The molecule has 0 saturated carbocycles. The molecule has 1 rings (SSSR count). The minimum atomic E-state index is -2.16. The van der Waals surface area contributed by atoms with Gasteiger partial charge in [-0.2, -0.15) is 0 Å². The third-order valence-corrected chi connectivity index (χ3v) is 1.93. The summed E-state index contributed by atoms with van der Waals surface area (Å²) in [5.41, 5.74) is 0. The van der Waals surface area contributed by atoms with Crippen LogP contribution < -0.4 is 0 Å². The van der Waals surface area contributed by atoms with Crippen LogP contribution in [0.25, 0.3) is 0 Å². The zero-order chi connectivity index (χ0) is 9.35. The molecule has 0 aromatic heterocycles. The lowest BCUT2D eigenvalue weighted by molar-refractivity contribution is -0.248. The summed E-state index contributed by atoms with van der Waals surface area (Å²) in [4.78, 5) is 0. The Morgan fingerprint density at radius 3 is 2.08 bits per heavy atom. The van der Waals surface area contributed by atoms with Crippen LogP contribution in [0.15, 0.2) is 0 Å². The van der Waals surface area contributed by atoms with Gasteiger partial charge in [-0.25, -0.2) is 0 Å². The second-order valence-corrected chi connectivity index (χ2v) is 2.78. The van der Waals surface area contributed by atoms with Crippen molar-refractivity contribution in [3.63, 3.8) is 0 Å². The predicted octanol–water partition coefficient (Wildman–Crippen LogP) is -3.22. The van der Waals surface area contributed by atoms with Gasteiger partial charge >= 0.3 is 0 Å². The number of hydrogen-bond donors (Lipinski definition) is 5. The zero-order valence-electron chi connectivity index (χ0n) is 6.29. The van der Waals surface area contributed by atoms with Crippen molar-refractivity contribution >= 4 is 0 Å². The summed E-state index contributed by atoms with van der Waals surface area (Å²) in [5.74, 6) is -2.16. The lowest BCUT2D eigenvalue weighted by atomic mass is 10.1. The van der Waals surface area contributed by atoms with Crippen LogP contribution in [0.4, 0.5) is 0 Å². The van der Waals surface area contributed by atoms with Gasteiger partial charge < -0.3 is 30.3 Å². The van der Waals surface area contributed by atoms with Gasteiger partial charge in [0.15, 0.2) is 0 Å². The highest BCUT2D eigenvalue weighted by atomic mass is 16.7. The van der Waals surface area contributed by atoms with Crippen LogP contribution in [0.1, 0.15) is 0 Å². The Hall–Kier alpha value is -0.240. The van der Waals surface area contributed by atoms with Crippen LogP contribution in [0, 0.1) is 0 Å². The molecule has 0 aromatic rings. The Labute approximate surface area is 68.6 Å². The average Bonchev–Trinajstić information content (AvgIpc) is 2.31. The first-order valence-electron chi connectivity index (χ1n) is 3.53. The molecule has 0 amide bonds. The summed E-state index contributed by atoms with van der Waals surface area (Å²) in [6.45, 7) is -1.36. The third kappa shape index (κ3) is 1.33. The number of aliphatic hydroxyl groups is 5. The molecule has 1 heterocycles. The van der Waals surface area contributed by atoms with Crippen LogP contribution in [0.5, 0.6) is 0 Å². The number of aliphatic hydroxyl groups excluding tert-OH is 4. The fourth-order valence-electron chi connectivity index (χ4n) is 1.15. The molecule has 0 aliphatic carbocycles. The summed E-state index contributed by atoms with van der Waals surface area (Å²) in [6, 6.07) is 0. The molecule has 1 fully saturated rings. The van der Waals surface area contributed by atoms with Crippen LogP contribution in [-0.4, -0.2) is 62.8 Å².